The van der Waals surface area contributed by atoms with Crippen LogP contribution >= 0.6 is 0 Å². The molecule has 0 radical (unpaired) electrons. The van der Waals surface area contributed by atoms with Gasteiger partial charge >= 0.3 is 0 Å². The van der Waals surface area contributed by atoms with E-state index < -0.39 is 0 Å². The van der Waals surface area contributed by atoms with E-state index in [0.717, 1.165) is 24.9 Å². The van der Waals surface area contributed by atoms with Crippen LogP contribution in [0.3, 0.4) is 0 Å². The molecule has 0 bridgehead atoms. The maximum absolute atomic E-state index is 9.48. The first kappa shape index (κ1) is 12.6. The summed E-state index contributed by atoms with van der Waals surface area (Å²) in [4.78, 5) is 0. The second-order valence-electron chi connectivity index (χ2n) is 4.97. The number of hydrogen-bond acceptors (Lipinski definition) is 3. The molecule has 3 heteroatoms. The van der Waals surface area contributed by atoms with Gasteiger partial charge in [-0.3, -0.25) is 0 Å². The fraction of sp³-hybridized carbons (Fsp3) is 0.571. The Bertz CT molecular complexity index is 342. The molecular formula is C14H21NO2. The van der Waals surface area contributed by atoms with Gasteiger partial charge in [0, 0.05) is 12.1 Å². The van der Waals surface area contributed by atoms with Gasteiger partial charge in [0.15, 0.2) is 0 Å². The summed E-state index contributed by atoms with van der Waals surface area (Å²) in [7, 11) is 0. The SMILES string of the molecule is OCc1ccc(CNC2(CO)CCCC2)cc1. The Hall–Kier alpha value is -0.900. The van der Waals surface area contributed by atoms with Crippen molar-refractivity contribution in [3.05, 3.63) is 35.4 Å². The highest BCUT2D eigenvalue weighted by Gasteiger charge is 2.32. The summed E-state index contributed by atoms with van der Waals surface area (Å²) in [6.07, 6.45) is 4.55. The van der Waals surface area contributed by atoms with E-state index in [1.54, 1.807) is 0 Å². The van der Waals surface area contributed by atoms with Gasteiger partial charge in [0.2, 0.25) is 0 Å². The van der Waals surface area contributed by atoms with Crippen molar-refractivity contribution in [1.29, 1.82) is 0 Å². The minimum Gasteiger partial charge on any atom is -0.394 e. The molecule has 1 aromatic rings. The second-order valence-corrected chi connectivity index (χ2v) is 4.97. The molecule has 0 saturated heterocycles. The minimum atomic E-state index is -0.0599. The number of nitrogens with one attached hydrogen (secondary N) is 1. The predicted octanol–water partition coefficient (Wildman–Crippen LogP) is 1.57. The van der Waals surface area contributed by atoms with Gasteiger partial charge in [0.05, 0.1) is 13.2 Å². The summed E-state index contributed by atoms with van der Waals surface area (Å²) >= 11 is 0. The van der Waals surface area contributed by atoms with Gasteiger partial charge in [-0.25, -0.2) is 0 Å². The van der Waals surface area contributed by atoms with Crippen molar-refractivity contribution in [3.8, 4) is 0 Å². The lowest BCUT2D eigenvalue weighted by Gasteiger charge is -2.28. The zero-order valence-corrected chi connectivity index (χ0v) is 10.2. The van der Waals surface area contributed by atoms with E-state index >= 15 is 0 Å². The summed E-state index contributed by atoms with van der Waals surface area (Å²) in [5.74, 6) is 0. The van der Waals surface area contributed by atoms with Crippen molar-refractivity contribution >= 4 is 0 Å². The molecule has 3 N–H and O–H groups in total. The topological polar surface area (TPSA) is 52.5 Å². The van der Waals surface area contributed by atoms with Gasteiger partial charge in [-0.1, -0.05) is 37.1 Å². The molecule has 17 heavy (non-hydrogen) atoms. The molecule has 1 aliphatic carbocycles. The highest BCUT2D eigenvalue weighted by atomic mass is 16.3. The van der Waals surface area contributed by atoms with Crippen molar-refractivity contribution in [3.63, 3.8) is 0 Å². The highest BCUT2D eigenvalue weighted by molar-refractivity contribution is 5.22. The third-order valence-electron chi connectivity index (χ3n) is 3.74. The van der Waals surface area contributed by atoms with Crippen LogP contribution < -0.4 is 5.32 Å². The molecule has 3 nitrogen and oxygen atoms in total. The van der Waals surface area contributed by atoms with Crippen LogP contribution in [0.1, 0.15) is 36.8 Å². The lowest BCUT2D eigenvalue weighted by molar-refractivity contribution is 0.163. The van der Waals surface area contributed by atoms with Crippen LogP contribution in [0.2, 0.25) is 0 Å². The average Bonchev–Trinajstić information content (AvgIpc) is 2.86. The largest absolute Gasteiger partial charge is 0.394 e. The van der Waals surface area contributed by atoms with Gasteiger partial charge in [0.1, 0.15) is 0 Å². The van der Waals surface area contributed by atoms with Crippen LogP contribution in [-0.4, -0.2) is 22.4 Å². The molecule has 0 unspecified atom stereocenters. The van der Waals surface area contributed by atoms with E-state index in [2.05, 4.69) is 5.32 Å². The van der Waals surface area contributed by atoms with Crippen molar-refractivity contribution in [2.45, 2.75) is 44.4 Å². The number of aliphatic hydroxyl groups excluding tert-OH is 2. The molecule has 94 valence electrons. The fourth-order valence-electron chi connectivity index (χ4n) is 2.49. The van der Waals surface area contributed by atoms with Crippen LogP contribution in [0.5, 0.6) is 0 Å². The Morgan fingerprint density at radius 1 is 1.00 bits per heavy atom. The molecule has 0 atom stereocenters. The van der Waals surface area contributed by atoms with Crippen LogP contribution in [0.25, 0.3) is 0 Å². The van der Waals surface area contributed by atoms with Crippen LogP contribution in [-0.2, 0) is 13.2 Å². The Labute approximate surface area is 102 Å². The van der Waals surface area contributed by atoms with Crippen molar-refractivity contribution < 1.29 is 10.2 Å². The molecule has 1 fully saturated rings. The van der Waals surface area contributed by atoms with Crippen LogP contribution in [0, 0.1) is 0 Å². The molecule has 1 aliphatic rings. The number of aliphatic hydroxyl groups is 2. The fourth-order valence-corrected chi connectivity index (χ4v) is 2.49. The van der Waals surface area contributed by atoms with Gasteiger partial charge in [-0.15, -0.1) is 0 Å². The third kappa shape index (κ3) is 3.06. The van der Waals surface area contributed by atoms with E-state index in [1.165, 1.54) is 18.4 Å². The quantitative estimate of drug-likeness (QED) is 0.726. The molecule has 1 saturated carbocycles. The normalized spacial score (nSPS) is 18.5. The van der Waals surface area contributed by atoms with E-state index in [9.17, 15) is 5.11 Å². The second kappa shape index (κ2) is 5.63. The van der Waals surface area contributed by atoms with E-state index in [4.69, 9.17) is 5.11 Å². The number of hydrogen-bond donors (Lipinski definition) is 3. The maximum Gasteiger partial charge on any atom is 0.0681 e. The van der Waals surface area contributed by atoms with Crippen LogP contribution in [0.15, 0.2) is 24.3 Å². The van der Waals surface area contributed by atoms with Gasteiger partial charge in [-0.05, 0) is 24.0 Å². The maximum atomic E-state index is 9.48. The van der Waals surface area contributed by atoms with E-state index in [-0.39, 0.29) is 18.8 Å². The molecule has 0 heterocycles. The minimum absolute atomic E-state index is 0.0599. The average molecular weight is 235 g/mol. The zero-order chi connectivity index (χ0) is 12.1. The summed E-state index contributed by atoms with van der Waals surface area (Å²) < 4.78 is 0. The Balaban J connectivity index is 1.92. The molecule has 0 amide bonds. The van der Waals surface area contributed by atoms with Gasteiger partial charge < -0.3 is 15.5 Å². The first-order valence-electron chi connectivity index (χ1n) is 6.33. The van der Waals surface area contributed by atoms with E-state index in [1.807, 2.05) is 24.3 Å². The zero-order valence-electron chi connectivity index (χ0n) is 10.2. The predicted molar refractivity (Wildman–Crippen MR) is 67.5 cm³/mol. The molecule has 2 rings (SSSR count). The highest BCUT2D eigenvalue weighted by Crippen LogP contribution is 2.29. The Kier molecular flexibility index (Phi) is 4.15. The Morgan fingerprint density at radius 2 is 1.59 bits per heavy atom. The third-order valence-corrected chi connectivity index (χ3v) is 3.74. The smallest absolute Gasteiger partial charge is 0.0681 e. The standard InChI is InChI=1S/C14H21NO2/c16-10-13-5-3-12(4-6-13)9-15-14(11-17)7-1-2-8-14/h3-6,15-17H,1-2,7-11H2. The monoisotopic (exact) mass is 235 g/mol. The summed E-state index contributed by atoms with van der Waals surface area (Å²) in [5.41, 5.74) is 2.07. The molecular weight excluding hydrogens is 214 g/mol. The lowest BCUT2D eigenvalue weighted by Crippen LogP contribution is -2.45. The Morgan fingerprint density at radius 3 is 2.12 bits per heavy atom. The summed E-state index contributed by atoms with van der Waals surface area (Å²) in [5, 5.41) is 21.9. The first-order valence-corrected chi connectivity index (χ1v) is 6.33. The van der Waals surface area contributed by atoms with Crippen LogP contribution in [0.4, 0.5) is 0 Å². The van der Waals surface area contributed by atoms with Crippen molar-refractivity contribution in [1.82, 2.24) is 5.32 Å². The molecule has 0 spiro atoms. The molecule has 1 aromatic carbocycles. The van der Waals surface area contributed by atoms with Gasteiger partial charge in [0.25, 0.3) is 0 Å². The van der Waals surface area contributed by atoms with Crippen molar-refractivity contribution in [2.75, 3.05) is 6.61 Å². The lowest BCUT2D eigenvalue weighted by atomic mass is 9.98. The summed E-state index contributed by atoms with van der Waals surface area (Å²) in [6, 6.07) is 7.94. The summed E-state index contributed by atoms with van der Waals surface area (Å²) in [6.45, 7) is 1.10. The number of benzene rings is 1. The molecule has 0 aliphatic heterocycles. The van der Waals surface area contributed by atoms with E-state index in [0.29, 0.717) is 0 Å². The number of rotatable bonds is 5. The van der Waals surface area contributed by atoms with Crippen molar-refractivity contribution in [2.24, 2.45) is 0 Å². The van der Waals surface area contributed by atoms with Gasteiger partial charge in [-0.2, -0.15) is 0 Å². The first-order chi connectivity index (χ1) is 8.28. The molecule has 0 aromatic heterocycles.